The second-order valence-corrected chi connectivity index (χ2v) is 6.74. The molecule has 0 fully saturated rings. The van der Waals surface area contributed by atoms with E-state index in [1.807, 2.05) is 0 Å². The molecule has 2 aromatic rings. The molecule has 0 bridgehead atoms. The lowest BCUT2D eigenvalue weighted by molar-refractivity contribution is -0.136. The summed E-state index contributed by atoms with van der Waals surface area (Å²) in [7, 11) is 0. The van der Waals surface area contributed by atoms with Crippen molar-refractivity contribution >= 4 is 17.5 Å². The Morgan fingerprint density at radius 2 is 1.45 bits per heavy atom. The Morgan fingerprint density at radius 3 is 1.90 bits per heavy atom. The number of hydrogen-bond acceptors (Lipinski definition) is 5. The average molecular weight is 391 g/mol. The Hall–Kier alpha value is -3.78. The molecule has 148 valence electrons. The van der Waals surface area contributed by atoms with Crippen LogP contribution in [0.15, 0.2) is 48.5 Å². The van der Waals surface area contributed by atoms with E-state index in [-0.39, 0.29) is 5.56 Å². The van der Waals surface area contributed by atoms with Crippen LogP contribution in [0.4, 0.5) is 5.69 Å². The van der Waals surface area contributed by atoms with Crippen LogP contribution in [0.5, 0.6) is 0 Å². The number of rotatable bonds is 4. The fourth-order valence-corrected chi connectivity index (χ4v) is 2.32. The lowest BCUT2D eigenvalue weighted by atomic mass is 9.97. The van der Waals surface area contributed by atoms with Gasteiger partial charge in [-0.3, -0.25) is 14.8 Å². The van der Waals surface area contributed by atoms with E-state index in [2.05, 4.69) is 29.0 Å². The van der Waals surface area contributed by atoms with Crippen LogP contribution in [-0.2, 0) is 4.79 Å². The molecule has 29 heavy (non-hydrogen) atoms. The Kier molecular flexibility index (Phi) is 6.99. The van der Waals surface area contributed by atoms with Gasteiger partial charge in [-0.15, -0.1) is 0 Å². The SMILES string of the molecule is CC(C)(O)[C@H](NC(=O)c1ccc(C#CC#Cc2ccc(N)cc2)cc1)C(=O)NO. The third-order valence-electron chi connectivity index (χ3n) is 3.89. The van der Waals surface area contributed by atoms with E-state index in [1.54, 1.807) is 36.4 Å². The van der Waals surface area contributed by atoms with Crippen LogP contribution in [0.2, 0.25) is 0 Å². The third-order valence-corrected chi connectivity index (χ3v) is 3.89. The highest BCUT2D eigenvalue weighted by molar-refractivity contribution is 5.97. The summed E-state index contributed by atoms with van der Waals surface area (Å²) < 4.78 is 0. The van der Waals surface area contributed by atoms with Gasteiger partial charge < -0.3 is 16.2 Å². The summed E-state index contributed by atoms with van der Waals surface area (Å²) in [6.45, 7) is 2.69. The van der Waals surface area contributed by atoms with Crippen molar-refractivity contribution in [2.75, 3.05) is 5.73 Å². The first-order chi connectivity index (χ1) is 13.7. The van der Waals surface area contributed by atoms with Gasteiger partial charge in [0.05, 0.1) is 5.60 Å². The minimum atomic E-state index is -1.57. The molecule has 0 saturated carbocycles. The number of nitrogen functional groups attached to an aromatic ring is 1. The van der Waals surface area contributed by atoms with E-state index < -0.39 is 23.5 Å². The number of hydrogen-bond donors (Lipinski definition) is 5. The molecular weight excluding hydrogens is 370 g/mol. The maximum atomic E-state index is 12.3. The van der Waals surface area contributed by atoms with E-state index in [0.29, 0.717) is 11.3 Å². The van der Waals surface area contributed by atoms with E-state index in [4.69, 9.17) is 10.9 Å². The molecule has 2 aromatic carbocycles. The average Bonchev–Trinajstić information content (AvgIpc) is 2.69. The topological polar surface area (TPSA) is 125 Å². The van der Waals surface area contributed by atoms with E-state index in [9.17, 15) is 14.7 Å². The van der Waals surface area contributed by atoms with E-state index in [0.717, 1.165) is 5.56 Å². The largest absolute Gasteiger partial charge is 0.399 e. The molecule has 2 rings (SSSR count). The molecule has 0 aromatic heterocycles. The van der Waals surface area contributed by atoms with Crippen molar-refractivity contribution in [1.82, 2.24) is 10.8 Å². The maximum Gasteiger partial charge on any atom is 0.268 e. The van der Waals surface area contributed by atoms with Gasteiger partial charge in [0.15, 0.2) is 0 Å². The molecule has 6 N–H and O–H groups in total. The molecule has 0 aliphatic heterocycles. The van der Waals surface area contributed by atoms with Crippen LogP contribution < -0.4 is 16.5 Å². The molecule has 0 radical (unpaired) electrons. The highest BCUT2D eigenvalue weighted by atomic mass is 16.5. The summed E-state index contributed by atoms with van der Waals surface area (Å²) in [6, 6.07) is 12.1. The van der Waals surface area contributed by atoms with Gasteiger partial charge >= 0.3 is 0 Å². The van der Waals surface area contributed by atoms with Gasteiger partial charge in [-0.25, -0.2) is 5.48 Å². The smallest absolute Gasteiger partial charge is 0.268 e. The minimum Gasteiger partial charge on any atom is -0.399 e. The number of benzene rings is 2. The van der Waals surface area contributed by atoms with Crippen LogP contribution in [0.25, 0.3) is 0 Å². The van der Waals surface area contributed by atoms with Crippen molar-refractivity contribution in [1.29, 1.82) is 0 Å². The van der Waals surface area contributed by atoms with Crippen LogP contribution in [0.3, 0.4) is 0 Å². The van der Waals surface area contributed by atoms with Crippen molar-refractivity contribution in [2.45, 2.75) is 25.5 Å². The van der Waals surface area contributed by atoms with Gasteiger partial charge in [0.25, 0.3) is 11.8 Å². The molecule has 7 heteroatoms. The highest BCUT2D eigenvalue weighted by Gasteiger charge is 2.34. The molecule has 0 saturated heterocycles. The first-order valence-corrected chi connectivity index (χ1v) is 8.65. The summed E-state index contributed by atoms with van der Waals surface area (Å²) in [5, 5.41) is 21.2. The molecule has 0 unspecified atom stereocenters. The van der Waals surface area contributed by atoms with Gasteiger partial charge in [-0.2, -0.15) is 0 Å². The minimum absolute atomic E-state index is 0.267. The molecular formula is C22H21N3O4. The van der Waals surface area contributed by atoms with Gasteiger partial charge in [0.1, 0.15) is 6.04 Å². The zero-order valence-corrected chi connectivity index (χ0v) is 16.0. The third kappa shape index (κ3) is 6.40. The predicted octanol–water partition coefficient (Wildman–Crippen LogP) is 1.05. The molecule has 0 heterocycles. The Labute approximate surface area is 168 Å². The Morgan fingerprint density at radius 1 is 0.966 bits per heavy atom. The lowest BCUT2D eigenvalue weighted by Gasteiger charge is -2.28. The number of aliphatic hydroxyl groups is 1. The molecule has 0 spiro atoms. The first kappa shape index (κ1) is 21.5. The summed E-state index contributed by atoms with van der Waals surface area (Å²) in [6.07, 6.45) is 0. The molecule has 1 atom stereocenters. The van der Waals surface area contributed by atoms with Crippen LogP contribution in [-0.4, -0.2) is 33.8 Å². The van der Waals surface area contributed by atoms with Crippen molar-refractivity contribution in [3.8, 4) is 23.7 Å². The van der Waals surface area contributed by atoms with Crippen molar-refractivity contribution in [2.24, 2.45) is 0 Å². The summed E-state index contributed by atoms with van der Waals surface area (Å²) in [5.41, 5.74) is 7.85. The number of carbonyl (C=O) groups excluding carboxylic acids is 2. The monoisotopic (exact) mass is 391 g/mol. The molecule has 2 amide bonds. The Balaban J connectivity index is 2.06. The summed E-state index contributed by atoms with van der Waals surface area (Å²) >= 11 is 0. The van der Waals surface area contributed by atoms with Gasteiger partial charge in [-0.1, -0.05) is 11.8 Å². The number of amides is 2. The fraction of sp³-hybridized carbons (Fsp3) is 0.182. The van der Waals surface area contributed by atoms with E-state index >= 15 is 0 Å². The van der Waals surface area contributed by atoms with Crippen molar-refractivity contribution < 1.29 is 19.9 Å². The van der Waals surface area contributed by atoms with Gasteiger partial charge in [-0.05, 0) is 74.2 Å². The van der Waals surface area contributed by atoms with Crippen LogP contribution >= 0.6 is 0 Å². The Bertz CT molecular complexity index is 999. The molecule has 0 aliphatic rings. The predicted molar refractivity (Wildman–Crippen MR) is 109 cm³/mol. The first-order valence-electron chi connectivity index (χ1n) is 8.65. The zero-order chi connectivity index (χ0) is 21.4. The number of anilines is 1. The van der Waals surface area contributed by atoms with Crippen molar-refractivity contribution in [3.63, 3.8) is 0 Å². The number of nitrogens with two attached hydrogens (primary N) is 1. The van der Waals surface area contributed by atoms with Gasteiger partial charge in [0, 0.05) is 22.4 Å². The number of hydroxylamine groups is 1. The number of nitrogens with one attached hydrogen (secondary N) is 2. The second kappa shape index (κ2) is 9.43. The lowest BCUT2D eigenvalue weighted by Crippen LogP contribution is -2.57. The van der Waals surface area contributed by atoms with Crippen LogP contribution in [0, 0.1) is 23.7 Å². The van der Waals surface area contributed by atoms with Gasteiger partial charge in [0.2, 0.25) is 0 Å². The molecule has 0 aliphatic carbocycles. The maximum absolute atomic E-state index is 12.3. The second-order valence-electron chi connectivity index (χ2n) is 6.74. The quantitative estimate of drug-likeness (QED) is 0.231. The summed E-state index contributed by atoms with van der Waals surface area (Å²) in [5.74, 6) is 9.74. The summed E-state index contributed by atoms with van der Waals surface area (Å²) in [4.78, 5) is 24.0. The van der Waals surface area contributed by atoms with Crippen molar-refractivity contribution in [3.05, 3.63) is 65.2 Å². The zero-order valence-electron chi connectivity index (χ0n) is 16.0. The van der Waals surface area contributed by atoms with E-state index in [1.165, 1.54) is 31.5 Å². The molecule has 7 nitrogen and oxygen atoms in total. The standard InChI is InChI=1S/C22H21N3O4/c1-22(2,28)19(21(27)25-29)24-20(26)17-11-7-15(8-12-17)5-3-4-6-16-9-13-18(23)14-10-16/h7-14,19,28-29H,23H2,1-2H3,(H,24,26)(H,25,27)/t19-/m1/s1. The number of carbonyl (C=O) groups is 2. The fourth-order valence-electron chi connectivity index (χ4n) is 2.32. The van der Waals surface area contributed by atoms with Crippen LogP contribution in [0.1, 0.15) is 35.3 Å². The normalized spacial score (nSPS) is 11.2. The highest BCUT2D eigenvalue weighted by Crippen LogP contribution is 2.11.